The van der Waals surface area contributed by atoms with E-state index >= 15 is 0 Å². The van der Waals surface area contributed by atoms with Gasteiger partial charge in [-0.1, -0.05) is 12.1 Å². The Kier molecular flexibility index (Phi) is 4.36. The predicted molar refractivity (Wildman–Crippen MR) is 84.0 cm³/mol. The van der Waals surface area contributed by atoms with Gasteiger partial charge in [0, 0.05) is 26.2 Å². The van der Waals surface area contributed by atoms with Gasteiger partial charge in [0.15, 0.2) is 0 Å². The highest BCUT2D eigenvalue weighted by Crippen LogP contribution is 2.12. The van der Waals surface area contributed by atoms with Crippen LogP contribution in [0.4, 0.5) is 4.79 Å². The van der Waals surface area contributed by atoms with Gasteiger partial charge in [-0.3, -0.25) is 9.78 Å². The average Bonchev–Trinajstić information content (AvgIpc) is 2.61. The summed E-state index contributed by atoms with van der Waals surface area (Å²) in [5.74, 6) is -0.160. The molecule has 3 rings (SSSR count). The zero-order valence-electron chi connectivity index (χ0n) is 12.9. The van der Waals surface area contributed by atoms with Crippen LogP contribution in [0.3, 0.4) is 0 Å². The Morgan fingerprint density at radius 3 is 2.43 bits per heavy atom. The van der Waals surface area contributed by atoms with E-state index in [1.54, 1.807) is 16.7 Å². The standard InChI is InChI=1S/C16H18N4O3/c1-2-23-16(22)20-9-7-19(8-10-20)15(21)14-11-17-12-5-3-4-6-13(12)18-14/h3-6,11H,2,7-10H2,1H3. The molecule has 0 spiro atoms. The van der Waals surface area contributed by atoms with Crippen LogP contribution in [0.25, 0.3) is 11.0 Å². The van der Waals surface area contributed by atoms with Gasteiger partial charge in [0.05, 0.1) is 23.8 Å². The third-order valence-corrected chi connectivity index (χ3v) is 3.76. The van der Waals surface area contributed by atoms with Crippen molar-refractivity contribution in [3.8, 4) is 0 Å². The molecule has 1 aromatic carbocycles. The van der Waals surface area contributed by atoms with Crippen LogP contribution < -0.4 is 0 Å². The van der Waals surface area contributed by atoms with Crippen LogP contribution in [0, 0.1) is 0 Å². The van der Waals surface area contributed by atoms with E-state index in [1.165, 1.54) is 6.20 Å². The summed E-state index contributed by atoms with van der Waals surface area (Å²) in [6.45, 7) is 3.98. The molecule has 23 heavy (non-hydrogen) atoms. The maximum absolute atomic E-state index is 12.5. The number of benzene rings is 1. The normalized spacial score (nSPS) is 14.8. The smallest absolute Gasteiger partial charge is 0.409 e. The van der Waals surface area contributed by atoms with Crippen molar-refractivity contribution in [2.24, 2.45) is 0 Å². The SMILES string of the molecule is CCOC(=O)N1CCN(C(=O)c2cnc3ccccc3n2)CC1. The van der Waals surface area contributed by atoms with E-state index in [-0.39, 0.29) is 12.0 Å². The first-order valence-corrected chi connectivity index (χ1v) is 7.62. The van der Waals surface area contributed by atoms with Gasteiger partial charge in [0.2, 0.25) is 0 Å². The van der Waals surface area contributed by atoms with Crippen LogP contribution in [0.1, 0.15) is 17.4 Å². The first-order valence-electron chi connectivity index (χ1n) is 7.62. The Hall–Kier alpha value is -2.70. The molecule has 0 N–H and O–H groups in total. The van der Waals surface area contributed by atoms with E-state index in [2.05, 4.69) is 9.97 Å². The molecule has 2 amide bonds. The van der Waals surface area contributed by atoms with Crippen molar-refractivity contribution in [1.29, 1.82) is 0 Å². The van der Waals surface area contributed by atoms with E-state index < -0.39 is 0 Å². The topological polar surface area (TPSA) is 75.6 Å². The zero-order valence-corrected chi connectivity index (χ0v) is 12.9. The number of fused-ring (bicyclic) bond motifs is 1. The van der Waals surface area contributed by atoms with Crippen LogP contribution in [0.15, 0.2) is 30.5 Å². The molecule has 1 saturated heterocycles. The molecule has 0 radical (unpaired) electrons. The fourth-order valence-electron chi connectivity index (χ4n) is 2.53. The highest BCUT2D eigenvalue weighted by atomic mass is 16.6. The molecule has 1 aliphatic heterocycles. The first kappa shape index (κ1) is 15.2. The minimum atomic E-state index is -0.329. The van der Waals surface area contributed by atoms with Crippen LogP contribution in [-0.4, -0.2) is 64.6 Å². The zero-order chi connectivity index (χ0) is 16.2. The van der Waals surface area contributed by atoms with E-state index in [4.69, 9.17) is 4.74 Å². The minimum absolute atomic E-state index is 0.160. The van der Waals surface area contributed by atoms with Crippen molar-refractivity contribution in [3.05, 3.63) is 36.2 Å². The lowest BCUT2D eigenvalue weighted by Gasteiger charge is -2.33. The Labute approximate surface area is 133 Å². The molecule has 0 aliphatic carbocycles. The summed E-state index contributed by atoms with van der Waals surface area (Å²) in [6.07, 6.45) is 1.17. The van der Waals surface area contributed by atoms with Crippen LogP contribution >= 0.6 is 0 Å². The van der Waals surface area contributed by atoms with Crippen molar-refractivity contribution in [2.75, 3.05) is 32.8 Å². The van der Waals surface area contributed by atoms with Crippen LogP contribution in [-0.2, 0) is 4.74 Å². The van der Waals surface area contributed by atoms with Gasteiger partial charge in [0.1, 0.15) is 5.69 Å². The highest BCUT2D eigenvalue weighted by molar-refractivity contribution is 5.94. The largest absolute Gasteiger partial charge is 0.450 e. The van der Waals surface area contributed by atoms with Crippen molar-refractivity contribution < 1.29 is 14.3 Å². The number of piperazine rings is 1. The average molecular weight is 314 g/mol. The highest BCUT2D eigenvalue weighted by Gasteiger charge is 2.26. The number of ether oxygens (including phenoxy) is 1. The summed E-state index contributed by atoms with van der Waals surface area (Å²) in [7, 11) is 0. The minimum Gasteiger partial charge on any atom is -0.450 e. The number of carbonyl (C=O) groups is 2. The summed E-state index contributed by atoms with van der Waals surface area (Å²) in [5.41, 5.74) is 1.79. The molecule has 0 atom stereocenters. The molecule has 7 heteroatoms. The molecule has 1 fully saturated rings. The maximum atomic E-state index is 12.5. The van der Waals surface area contributed by atoms with E-state index in [0.717, 1.165) is 5.52 Å². The van der Waals surface area contributed by atoms with Gasteiger partial charge in [-0.15, -0.1) is 0 Å². The number of rotatable bonds is 2. The summed E-state index contributed by atoms with van der Waals surface area (Å²) in [5, 5.41) is 0. The molecule has 120 valence electrons. The molecule has 1 aliphatic rings. The van der Waals surface area contributed by atoms with Gasteiger partial charge < -0.3 is 14.5 Å². The summed E-state index contributed by atoms with van der Waals surface area (Å²) < 4.78 is 4.97. The summed E-state index contributed by atoms with van der Waals surface area (Å²) in [4.78, 5) is 36.1. The lowest BCUT2D eigenvalue weighted by Crippen LogP contribution is -2.50. The van der Waals surface area contributed by atoms with Gasteiger partial charge in [-0.2, -0.15) is 0 Å². The van der Waals surface area contributed by atoms with Gasteiger partial charge in [-0.25, -0.2) is 9.78 Å². The lowest BCUT2D eigenvalue weighted by molar-refractivity contribution is 0.0566. The second kappa shape index (κ2) is 6.60. The third kappa shape index (κ3) is 3.23. The Morgan fingerprint density at radius 2 is 1.74 bits per heavy atom. The van der Waals surface area contributed by atoms with Crippen LogP contribution in [0.5, 0.6) is 0 Å². The number of para-hydroxylation sites is 2. The van der Waals surface area contributed by atoms with Gasteiger partial charge >= 0.3 is 6.09 Å². The molecule has 2 heterocycles. The third-order valence-electron chi connectivity index (χ3n) is 3.76. The van der Waals surface area contributed by atoms with E-state index in [1.807, 2.05) is 24.3 Å². The van der Waals surface area contributed by atoms with Gasteiger partial charge in [0.25, 0.3) is 5.91 Å². The number of amides is 2. The second-order valence-electron chi connectivity index (χ2n) is 5.22. The number of nitrogens with zero attached hydrogens (tertiary/aromatic N) is 4. The van der Waals surface area contributed by atoms with E-state index in [9.17, 15) is 9.59 Å². The molecule has 0 unspecified atom stereocenters. The Bertz CT molecular complexity index is 726. The summed E-state index contributed by atoms with van der Waals surface area (Å²) >= 11 is 0. The Balaban J connectivity index is 1.67. The second-order valence-corrected chi connectivity index (χ2v) is 5.22. The van der Waals surface area contributed by atoms with Crippen molar-refractivity contribution >= 4 is 23.0 Å². The molecular formula is C16H18N4O3. The first-order chi connectivity index (χ1) is 11.2. The monoisotopic (exact) mass is 314 g/mol. The number of aromatic nitrogens is 2. The lowest BCUT2D eigenvalue weighted by atomic mass is 10.2. The van der Waals surface area contributed by atoms with Crippen molar-refractivity contribution in [1.82, 2.24) is 19.8 Å². The molecule has 0 bridgehead atoms. The van der Waals surface area contributed by atoms with Crippen molar-refractivity contribution in [3.63, 3.8) is 0 Å². The molecular weight excluding hydrogens is 296 g/mol. The molecule has 7 nitrogen and oxygen atoms in total. The molecule has 2 aromatic rings. The predicted octanol–water partition coefficient (Wildman–Crippen LogP) is 1.54. The fraction of sp³-hybridized carbons (Fsp3) is 0.375. The fourth-order valence-corrected chi connectivity index (χ4v) is 2.53. The van der Waals surface area contributed by atoms with Gasteiger partial charge in [-0.05, 0) is 19.1 Å². The quantitative estimate of drug-likeness (QED) is 0.840. The molecule has 0 saturated carbocycles. The number of hydrogen-bond acceptors (Lipinski definition) is 5. The van der Waals surface area contributed by atoms with E-state index in [0.29, 0.717) is 44.0 Å². The number of hydrogen-bond donors (Lipinski definition) is 0. The summed E-state index contributed by atoms with van der Waals surface area (Å²) in [6, 6.07) is 7.43. The van der Waals surface area contributed by atoms with Crippen LogP contribution in [0.2, 0.25) is 0 Å². The number of carbonyl (C=O) groups excluding carboxylic acids is 2. The molecule has 1 aromatic heterocycles. The maximum Gasteiger partial charge on any atom is 0.409 e. The van der Waals surface area contributed by atoms with Crippen molar-refractivity contribution in [2.45, 2.75) is 6.92 Å². The Morgan fingerprint density at radius 1 is 1.09 bits per heavy atom.